The molecule has 0 bridgehead atoms. The quantitative estimate of drug-likeness (QED) is 0.176. The monoisotopic (exact) mass is 494 g/mol. The molecule has 36 heavy (non-hydrogen) atoms. The number of fused-ring (bicyclic) bond motifs is 1. The Morgan fingerprint density at radius 3 is 2.69 bits per heavy atom. The molecule has 2 N–H and O–H groups in total. The molecule has 0 radical (unpaired) electrons. The Bertz CT molecular complexity index is 1060. The van der Waals surface area contributed by atoms with Gasteiger partial charge in [0.1, 0.15) is 11.6 Å². The predicted molar refractivity (Wildman–Crippen MR) is 146 cm³/mol. The Morgan fingerprint density at radius 1 is 1.33 bits per heavy atom. The number of rotatable bonds is 9. The number of H-pyrrole nitrogens is 1. The minimum absolute atomic E-state index is 0.245. The maximum atomic E-state index is 10.6. The number of hydrogen-bond donors (Lipinski definition) is 2. The number of methoxy groups -OCH3 is 1. The summed E-state index contributed by atoms with van der Waals surface area (Å²) in [5, 5.41) is 11.8. The molecule has 2 atom stereocenters. The molecular weight excluding hydrogens is 452 g/mol. The van der Waals surface area contributed by atoms with Crippen molar-refractivity contribution in [3.05, 3.63) is 65.4 Å². The highest BCUT2D eigenvalue weighted by molar-refractivity contribution is 5.76. The molecule has 2 aromatic rings. The van der Waals surface area contributed by atoms with E-state index in [1.807, 2.05) is 58.9 Å². The zero-order valence-electron chi connectivity index (χ0n) is 22.7. The first-order valence-electron chi connectivity index (χ1n) is 12.7. The largest absolute Gasteiger partial charge is 0.498 e. The molecule has 1 aliphatic rings. The van der Waals surface area contributed by atoms with Crippen LogP contribution >= 0.6 is 0 Å². The summed E-state index contributed by atoms with van der Waals surface area (Å²) in [5.74, 6) is 2.90. The minimum Gasteiger partial charge on any atom is -0.498 e. The van der Waals surface area contributed by atoms with Gasteiger partial charge in [0.15, 0.2) is 5.76 Å². The second-order valence-corrected chi connectivity index (χ2v) is 8.43. The lowest BCUT2D eigenvalue weighted by Crippen LogP contribution is -2.32. The van der Waals surface area contributed by atoms with Gasteiger partial charge in [-0.05, 0) is 70.7 Å². The van der Waals surface area contributed by atoms with Crippen molar-refractivity contribution in [3.63, 3.8) is 0 Å². The van der Waals surface area contributed by atoms with E-state index < -0.39 is 0 Å². The molecule has 7 heteroatoms. The lowest BCUT2D eigenvalue weighted by atomic mass is 9.85. The van der Waals surface area contributed by atoms with Crippen LogP contribution in [0.25, 0.3) is 11.0 Å². The Kier molecular flexibility index (Phi) is 14.4. The smallest absolute Gasteiger partial charge is 0.207 e. The van der Waals surface area contributed by atoms with E-state index in [0.29, 0.717) is 18.1 Å². The van der Waals surface area contributed by atoms with Crippen molar-refractivity contribution in [3.8, 4) is 6.07 Å². The fourth-order valence-corrected chi connectivity index (χ4v) is 3.87. The van der Waals surface area contributed by atoms with E-state index in [0.717, 1.165) is 72.5 Å². The Hall–Kier alpha value is -3.53. The number of amides is 1. The van der Waals surface area contributed by atoms with Crippen LogP contribution in [-0.2, 0) is 14.3 Å². The highest BCUT2D eigenvalue weighted by Gasteiger charge is 2.25. The number of nitrogens with one attached hydrogen (secondary N) is 2. The first kappa shape index (κ1) is 30.5. The first-order chi connectivity index (χ1) is 17.4. The summed E-state index contributed by atoms with van der Waals surface area (Å²) >= 11 is 0. The van der Waals surface area contributed by atoms with Crippen molar-refractivity contribution in [2.45, 2.75) is 78.7 Å². The summed E-state index contributed by atoms with van der Waals surface area (Å²) in [4.78, 5) is 18.5. The normalized spacial score (nSPS) is 17.5. The maximum absolute atomic E-state index is 10.6. The fraction of sp³-hybridized carbons (Fsp3) is 0.483. The second kappa shape index (κ2) is 17.0. The van der Waals surface area contributed by atoms with Gasteiger partial charge in [-0.1, -0.05) is 38.5 Å². The van der Waals surface area contributed by atoms with Gasteiger partial charge in [0.05, 0.1) is 36.4 Å². The zero-order chi connectivity index (χ0) is 26.9. The van der Waals surface area contributed by atoms with Crippen LogP contribution in [0, 0.1) is 11.3 Å². The molecule has 1 amide bonds. The summed E-state index contributed by atoms with van der Waals surface area (Å²) in [7, 11) is 1.64. The lowest BCUT2D eigenvalue weighted by molar-refractivity contribution is -0.110. The van der Waals surface area contributed by atoms with Crippen LogP contribution in [0.5, 0.6) is 0 Å². The van der Waals surface area contributed by atoms with E-state index in [1.165, 1.54) is 0 Å². The van der Waals surface area contributed by atoms with Gasteiger partial charge in [-0.2, -0.15) is 5.26 Å². The van der Waals surface area contributed by atoms with E-state index >= 15 is 0 Å². The topological polar surface area (TPSA) is 100 Å². The van der Waals surface area contributed by atoms with Crippen molar-refractivity contribution in [2.75, 3.05) is 13.7 Å². The second-order valence-electron chi connectivity index (χ2n) is 8.43. The van der Waals surface area contributed by atoms with Crippen LogP contribution in [-0.4, -0.2) is 36.1 Å². The van der Waals surface area contributed by atoms with Crippen molar-refractivity contribution < 1.29 is 14.3 Å². The minimum atomic E-state index is 0.245. The molecule has 1 fully saturated rings. The van der Waals surface area contributed by atoms with Gasteiger partial charge >= 0.3 is 0 Å². The van der Waals surface area contributed by atoms with E-state index in [4.69, 9.17) is 14.7 Å². The molecule has 196 valence electrons. The van der Waals surface area contributed by atoms with Gasteiger partial charge < -0.3 is 19.8 Å². The Labute approximate surface area is 216 Å². The fourth-order valence-electron chi connectivity index (χ4n) is 3.87. The third kappa shape index (κ3) is 9.99. The van der Waals surface area contributed by atoms with Crippen LogP contribution in [0.4, 0.5) is 0 Å². The van der Waals surface area contributed by atoms with Gasteiger partial charge in [0.2, 0.25) is 6.41 Å². The average Bonchev–Trinajstić information content (AvgIpc) is 3.33. The van der Waals surface area contributed by atoms with Gasteiger partial charge in [-0.15, -0.1) is 0 Å². The zero-order valence-corrected chi connectivity index (χ0v) is 22.7. The van der Waals surface area contributed by atoms with Crippen molar-refractivity contribution in [1.82, 2.24) is 15.3 Å². The van der Waals surface area contributed by atoms with Gasteiger partial charge in [0, 0.05) is 12.0 Å². The third-order valence-corrected chi connectivity index (χ3v) is 5.68. The third-order valence-electron chi connectivity index (χ3n) is 5.68. The highest BCUT2D eigenvalue weighted by Crippen LogP contribution is 2.32. The number of hydrogen-bond acceptors (Lipinski definition) is 5. The van der Waals surface area contributed by atoms with Crippen LogP contribution in [0.3, 0.4) is 0 Å². The van der Waals surface area contributed by atoms with Crippen LogP contribution < -0.4 is 5.32 Å². The number of carbonyl (C=O) groups is 1. The maximum Gasteiger partial charge on any atom is 0.207 e. The van der Waals surface area contributed by atoms with Crippen LogP contribution in [0.15, 0.2) is 54.0 Å². The Morgan fingerprint density at radius 2 is 2.08 bits per heavy atom. The summed E-state index contributed by atoms with van der Waals surface area (Å²) in [5.41, 5.74) is 3.57. The number of aromatic nitrogens is 2. The molecular formula is C29H42N4O3. The summed E-state index contributed by atoms with van der Waals surface area (Å²) in [6, 6.07) is 7.86. The SMILES string of the molecule is C=C(C)CC=C/C(OCC)=C(\C)OC.CC.N#Cc1ccc2nc(C3CCCC(NC=O)C3)[nH]c2c1. The molecule has 0 saturated heterocycles. The summed E-state index contributed by atoms with van der Waals surface area (Å²) in [6.07, 6.45) is 9.74. The van der Waals surface area contributed by atoms with Gasteiger partial charge in [0.25, 0.3) is 0 Å². The van der Waals surface area contributed by atoms with Crippen molar-refractivity contribution in [1.29, 1.82) is 5.26 Å². The molecule has 1 aliphatic carbocycles. The standard InChI is InChI=1S/C15H16N4O.C12H20O2.C2H6/c16-8-10-4-5-13-14(6-10)19-15(18-13)11-2-1-3-12(7-11)17-9-20;1-6-14-12(11(4)13-5)9-7-8-10(2)3;1-2/h4-6,9,11-12H,1-3,7H2,(H,17,20)(H,18,19);7,9H,2,6,8H2,1,3-5H3;1-2H3/b;9-7?,12-11-;. The number of benzene rings is 1. The lowest BCUT2D eigenvalue weighted by Gasteiger charge is -2.27. The summed E-state index contributed by atoms with van der Waals surface area (Å²) < 4.78 is 10.5. The number of aromatic amines is 1. The van der Waals surface area contributed by atoms with Gasteiger partial charge in [-0.25, -0.2) is 4.98 Å². The number of allylic oxidation sites excluding steroid dienone is 4. The molecule has 1 saturated carbocycles. The van der Waals surface area contributed by atoms with E-state index in [-0.39, 0.29) is 6.04 Å². The van der Waals surface area contributed by atoms with Crippen molar-refractivity contribution >= 4 is 17.4 Å². The average molecular weight is 495 g/mol. The molecule has 2 unspecified atom stereocenters. The first-order valence-corrected chi connectivity index (χ1v) is 12.7. The van der Waals surface area contributed by atoms with Gasteiger partial charge in [-0.3, -0.25) is 4.79 Å². The van der Waals surface area contributed by atoms with Crippen LogP contribution in [0.2, 0.25) is 0 Å². The number of nitrogens with zero attached hydrogens (tertiary/aromatic N) is 2. The molecule has 0 aliphatic heterocycles. The number of ether oxygens (including phenoxy) is 2. The number of carbonyl (C=O) groups excluding carboxylic acids is 1. The summed E-state index contributed by atoms with van der Waals surface area (Å²) in [6.45, 7) is 14.3. The molecule has 1 aromatic carbocycles. The van der Waals surface area contributed by atoms with E-state index in [9.17, 15) is 4.79 Å². The number of imidazole rings is 1. The van der Waals surface area contributed by atoms with Crippen molar-refractivity contribution in [2.24, 2.45) is 0 Å². The predicted octanol–water partition coefficient (Wildman–Crippen LogP) is 6.66. The Balaban J connectivity index is 0.000000359. The van der Waals surface area contributed by atoms with Crippen LogP contribution in [0.1, 0.15) is 84.0 Å². The highest BCUT2D eigenvalue weighted by atomic mass is 16.5. The molecule has 3 rings (SSSR count). The number of nitriles is 1. The molecule has 0 spiro atoms. The molecule has 1 heterocycles. The van der Waals surface area contributed by atoms with E-state index in [2.05, 4.69) is 27.9 Å². The molecule has 1 aromatic heterocycles. The van der Waals surface area contributed by atoms with E-state index in [1.54, 1.807) is 13.2 Å². The molecule has 7 nitrogen and oxygen atoms in total.